The van der Waals surface area contributed by atoms with E-state index < -0.39 is 15.8 Å². The summed E-state index contributed by atoms with van der Waals surface area (Å²) in [6.45, 7) is 1.11. The molecule has 0 atom stereocenters. The summed E-state index contributed by atoms with van der Waals surface area (Å²) in [5.74, 6) is 0.296. The third kappa shape index (κ3) is 5.97. The predicted molar refractivity (Wildman–Crippen MR) is 128 cm³/mol. The number of nitrogens with one attached hydrogen (secondary N) is 1. The molecule has 35 heavy (non-hydrogen) atoms. The fraction of sp³-hybridized carbons (Fsp3) is 0.240. The van der Waals surface area contributed by atoms with E-state index in [0.29, 0.717) is 30.3 Å². The second kappa shape index (κ2) is 10.9. The molecule has 1 amide bonds. The zero-order chi connectivity index (χ0) is 24.8. The molecule has 1 saturated heterocycles. The first-order chi connectivity index (χ1) is 16.9. The van der Waals surface area contributed by atoms with Crippen LogP contribution in [-0.2, 0) is 26.0 Å². The molecule has 8 nitrogen and oxygen atoms in total. The first-order valence-electron chi connectivity index (χ1n) is 10.9. The van der Waals surface area contributed by atoms with Crippen LogP contribution in [0.25, 0.3) is 0 Å². The Balaban J connectivity index is 1.64. The minimum Gasteiger partial charge on any atom is -0.496 e. The summed E-state index contributed by atoms with van der Waals surface area (Å²) in [4.78, 5) is 12.9. The maximum absolute atomic E-state index is 13.3. The van der Waals surface area contributed by atoms with Gasteiger partial charge in [-0.3, -0.25) is 4.79 Å². The van der Waals surface area contributed by atoms with E-state index in [1.54, 1.807) is 24.3 Å². The molecule has 1 aliphatic rings. The largest absolute Gasteiger partial charge is 0.496 e. The number of sulfonamides is 1. The fourth-order valence-corrected chi connectivity index (χ4v) is 5.07. The number of methoxy groups -OCH3 is 1. The van der Waals surface area contributed by atoms with Gasteiger partial charge in [-0.25, -0.2) is 12.8 Å². The Labute approximate surface area is 203 Å². The number of benzene rings is 3. The minimum absolute atomic E-state index is 0.000440. The van der Waals surface area contributed by atoms with Gasteiger partial charge in [0.2, 0.25) is 15.9 Å². The van der Waals surface area contributed by atoms with E-state index in [9.17, 15) is 17.6 Å². The van der Waals surface area contributed by atoms with Gasteiger partial charge in [-0.15, -0.1) is 0 Å². The number of carbonyl (C=O) groups excluding carboxylic acids is 1. The molecule has 0 spiro atoms. The zero-order valence-electron chi connectivity index (χ0n) is 19.1. The summed E-state index contributed by atoms with van der Waals surface area (Å²) in [6, 6.07) is 16.7. The molecule has 0 aromatic heterocycles. The molecule has 10 heteroatoms. The number of hydrogen-bond acceptors (Lipinski definition) is 6. The summed E-state index contributed by atoms with van der Waals surface area (Å²) < 4.78 is 57.4. The number of nitrogens with zero attached hydrogens (tertiary/aromatic N) is 1. The number of carbonyl (C=O) groups is 1. The number of ether oxygens (including phenoxy) is 3. The number of amides is 1. The number of halogens is 1. The van der Waals surface area contributed by atoms with Gasteiger partial charge in [0.1, 0.15) is 17.3 Å². The third-order valence-electron chi connectivity index (χ3n) is 5.42. The van der Waals surface area contributed by atoms with Crippen molar-refractivity contribution in [1.82, 2.24) is 4.31 Å². The molecule has 0 bridgehead atoms. The molecule has 4 rings (SSSR count). The van der Waals surface area contributed by atoms with Gasteiger partial charge in [0.05, 0.1) is 37.3 Å². The Morgan fingerprint density at radius 2 is 1.74 bits per heavy atom. The van der Waals surface area contributed by atoms with Gasteiger partial charge < -0.3 is 19.5 Å². The molecule has 1 heterocycles. The molecular weight excluding hydrogens is 475 g/mol. The van der Waals surface area contributed by atoms with Gasteiger partial charge in [-0.2, -0.15) is 4.31 Å². The molecule has 3 aromatic rings. The number of morpholine rings is 1. The zero-order valence-corrected chi connectivity index (χ0v) is 19.9. The average molecular weight is 501 g/mol. The lowest BCUT2D eigenvalue weighted by Crippen LogP contribution is -2.40. The second-order valence-corrected chi connectivity index (χ2v) is 9.71. The minimum atomic E-state index is -3.81. The molecule has 1 aliphatic heterocycles. The van der Waals surface area contributed by atoms with Gasteiger partial charge in [0.25, 0.3) is 0 Å². The Morgan fingerprint density at radius 1 is 1.03 bits per heavy atom. The standard InChI is InChI=1S/C25H25FN2O6S/c1-32-23-5-3-2-4-18(23)16-25(29)27-22-17-21(35(30,31)28-12-14-33-15-13-28)10-11-24(22)34-20-8-6-19(26)7-9-20/h2-11,17H,12-16H2,1H3,(H,27,29). The van der Waals surface area contributed by atoms with E-state index in [4.69, 9.17) is 14.2 Å². The lowest BCUT2D eigenvalue weighted by Gasteiger charge is -2.26. The molecule has 184 valence electrons. The van der Waals surface area contributed by atoms with Crippen LogP contribution >= 0.6 is 0 Å². The lowest BCUT2D eigenvalue weighted by molar-refractivity contribution is -0.115. The van der Waals surface area contributed by atoms with Crippen molar-refractivity contribution < 1.29 is 31.8 Å². The Morgan fingerprint density at radius 3 is 2.46 bits per heavy atom. The first-order valence-corrected chi connectivity index (χ1v) is 12.4. The molecule has 1 N–H and O–H groups in total. The van der Waals surface area contributed by atoms with Crippen LogP contribution in [0, 0.1) is 5.82 Å². The van der Waals surface area contributed by atoms with Crippen LogP contribution in [0.4, 0.5) is 10.1 Å². The highest BCUT2D eigenvalue weighted by Crippen LogP contribution is 2.33. The van der Waals surface area contributed by atoms with E-state index in [1.165, 1.54) is 53.9 Å². The summed E-state index contributed by atoms with van der Waals surface area (Å²) >= 11 is 0. The summed E-state index contributed by atoms with van der Waals surface area (Å²) in [6.07, 6.45) is 0.000440. The van der Waals surface area contributed by atoms with Crippen LogP contribution in [0.2, 0.25) is 0 Å². The lowest BCUT2D eigenvalue weighted by atomic mass is 10.1. The van der Waals surface area contributed by atoms with Gasteiger partial charge in [0.15, 0.2) is 5.75 Å². The average Bonchev–Trinajstić information content (AvgIpc) is 2.87. The third-order valence-corrected chi connectivity index (χ3v) is 7.31. The Kier molecular flexibility index (Phi) is 7.64. The number of anilines is 1. The van der Waals surface area contributed by atoms with Crippen LogP contribution < -0.4 is 14.8 Å². The van der Waals surface area contributed by atoms with Crippen LogP contribution in [0.1, 0.15) is 5.56 Å². The van der Waals surface area contributed by atoms with E-state index in [1.807, 2.05) is 0 Å². The smallest absolute Gasteiger partial charge is 0.243 e. The fourth-order valence-electron chi connectivity index (χ4n) is 3.64. The molecule has 0 radical (unpaired) electrons. The maximum Gasteiger partial charge on any atom is 0.243 e. The SMILES string of the molecule is COc1ccccc1CC(=O)Nc1cc(S(=O)(=O)N2CCOCC2)ccc1Oc1ccc(F)cc1. The molecule has 3 aromatic carbocycles. The monoisotopic (exact) mass is 500 g/mol. The van der Waals surface area contributed by atoms with E-state index >= 15 is 0 Å². The summed E-state index contributed by atoms with van der Waals surface area (Å²) in [7, 11) is -2.29. The van der Waals surface area contributed by atoms with Crippen LogP contribution in [0.3, 0.4) is 0 Å². The molecule has 0 aliphatic carbocycles. The van der Waals surface area contributed by atoms with Gasteiger partial charge >= 0.3 is 0 Å². The van der Waals surface area contributed by atoms with Crippen molar-refractivity contribution in [2.75, 3.05) is 38.7 Å². The Bertz CT molecular complexity index is 1290. The Hall–Kier alpha value is -3.47. The highest BCUT2D eigenvalue weighted by atomic mass is 32.2. The molecular formula is C25H25FN2O6S. The van der Waals surface area contributed by atoms with E-state index in [2.05, 4.69) is 5.32 Å². The molecule has 1 fully saturated rings. The normalized spacial score (nSPS) is 14.3. The van der Waals surface area contributed by atoms with Crippen molar-refractivity contribution in [1.29, 1.82) is 0 Å². The molecule has 0 unspecified atom stereocenters. The predicted octanol–water partition coefficient (Wildman–Crippen LogP) is 3.83. The van der Waals surface area contributed by atoms with Gasteiger partial charge in [0, 0.05) is 18.7 Å². The number of hydrogen-bond donors (Lipinski definition) is 1. The summed E-state index contributed by atoms with van der Waals surface area (Å²) in [5, 5.41) is 2.76. The van der Waals surface area contributed by atoms with Crippen molar-refractivity contribution in [2.24, 2.45) is 0 Å². The van der Waals surface area contributed by atoms with Gasteiger partial charge in [-0.1, -0.05) is 18.2 Å². The van der Waals surface area contributed by atoms with E-state index in [0.717, 1.165) is 0 Å². The first kappa shape index (κ1) is 24.6. The van der Waals surface area contributed by atoms with Crippen molar-refractivity contribution >= 4 is 21.6 Å². The summed E-state index contributed by atoms with van der Waals surface area (Å²) in [5.41, 5.74) is 0.842. The topological polar surface area (TPSA) is 94.2 Å². The number of para-hydroxylation sites is 1. The van der Waals surface area contributed by atoms with Crippen molar-refractivity contribution in [3.8, 4) is 17.2 Å². The second-order valence-electron chi connectivity index (χ2n) is 7.77. The van der Waals surface area contributed by atoms with Gasteiger partial charge in [-0.05, 0) is 48.5 Å². The highest BCUT2D eigenvalue weighted by molar-refractivity contribution is 7.89. The van der Waals surface area contributed by atoms with Crippen LogP contribution in [0.15, 0.2) is 71.6 Å². The van der Waals surface area contributed by atoms with Crippen LogP contribution in [0.5, 0.6) is 17.2 Å². The molecule has 0 saturated carbocycles. The highest BCUT2D eigenvalue weighted by Gasteiger charge is 2.27. The number of rotatable bonds is 8. The van der Waals surface area contributed by atoms with Crippen molar-refractivity contribution in [2.45, 2.75) is 11.3 Å². The van der Waals surface area contributed by atoms with Crippen LogP contribution in [-0.4, -0.2) is 52.0 Å². The van der Waals surface area contributed by atoms with E-state index in [-0.39, 0.29) is 41.7 Å². The maximum atomic E-state index is 13.3. The van der Waals surface area contributed by atoms with Crippen molar-refractivity contribution in [3.63, 3.8) is 0 Å². The van der Waals surface area contributed by atoms with Crippen molar-refractivity contribution in [3.05, 3.63) is 78.1 Å². The quantitative estimate of drug-likeness (QED) is 0.505.